The van der Waals surface area contributed by atoms with E-state index in [0.29, 0.717) is 6.10 Å². The van der Waals surface area contributed by atoms with Crippen molar-refractivity contribution in [1.29, 1.82) is 0 Å². The van der Waals surface area contributed by atoms with Crippen LogP contribution in [0.25, 0.3) is 0 Å². The average Bonchev–Trinajstić information content (AvgIpc) is 2.79. The van der Waals surface area contributed by atoms with Gasteiger partial charge in [0.1, 0.15) is 0 Å². The minimum atomic E-state index is 0.225. The molecule has 96 valence electrons. The predicted octanol–water partition coefficient (Wildman–Crippen LogP) is 4.25. The van der Waals surface area contributed by atoms with Crippen LogP contribution in [0.1, 0.15) is 36.5 Å². The van der Waals surface area contributed by atoms with Gasteiger partial charge in [-0.3, -0.25) is 0 Å². The molecule has 2 aliphatic rings. The summed E-state index contributed by atoms with van der Waals surface area (Å²) in [6.45, 7) is 0. The number of benzene rings is 2. The molecule has 0 radical (unpaired) electrons. The summed E-state index contributed by atoms with van der Waals surface area (Å²) in [5.41, 5.74) is 3.00. The maximum Gasteiger partial charge on any atom is 0.0950 e. The minimum Gasteiger partial charge on any atom is -0.368 e. The van der Waals surface area contributed by atoms with Crippen LogP contribution in [0.2, 0.25) is 0 Å². The normalized spacial score (nSPS) is 32.6. The van der Waals surface area contributed by atoms with Gasteiger partial charge < -0.3 is 4.74 Å². The van der Waals surface area contributed by atoms with Crippen molar-refractivity contribution in [2.24, 2.45) is 0 Å². The van der Waals surface area contributed by atoms with E-state index < -0.39 is 0 Å². The zero-order chi connectivity index (χ0) is 12.7. The van der Waals surface area contributed by atoms with Gasteiger partial charge in [0.15, 0.2) is 0 Å². The summed E-state index contributed by atoms with van der Waals surface area (Å²) in [7, 11) is 0. The molecule has 0 N–H and O–H groups in total. The van der Waals surface area contributed by atoms with Gasteiger partial charge >= 0.3 is 0 Å². The van der Waals surface area contributed by atoms with E-state index in [0.717, 1.165) is 0 Å². The molecule has 4 rings (SSSR count). The van der Waals surface area contributed by atoms with Crippen LogP contribution in [0.3, 0.4) is 0 Å². The summed E-state index contributed by atoms with van der Waals surface area (Å²) in [5, 5.41) is 0. The van der Waals surface area contributed by atoms with Crippen LogP contribution in [0.4, 0.5) is 0 Å². The first-order valence-electron chi connectivity index (χ1n) is 7.17. The third kappa shape index (κ3) is 1.51. The largest absolute Gasteiger partial charge is 0.368 e. The van der Waals surface area contributed by atoms with Crippen molar-refractivity contribution in [3.05, 3.63) is 71.8 Å². The Hall–Kier alpha value is -1.60. The molecule has 0 aromatic heterocycles. The molecule has 1 heteroatoms. The smallest absolute Gasteiger partial charge is 0.0950 e. The summed E-state index contributed by atoms with van der Waals surface area (Å²) in [4.78, 5) is 0. The van der Waals surface area contributed by atoms with Gasteiger partial charge in [0.2, 0.25) is 0 Å². The molecule has 1 saturated carbocycles. The monoisotopic (exact) mass is 250 g/mol. The van der Waals surface area contributed by atoms with Crippen molar-refractivity contribution in [1.82, 2.24) is 0 Å². The highest BCUT2D eigenvalue weighted by Gasteiger charge is 2.60. The molecule has 1 nitrogen and oxygen atoms in total. The Kier molecular flexibility index (Phi) is 2.49. The van der Waals surface area contributed by atoms with Gasteiger partial charge in [-0.1, -0.05) is 60.7 Å². The van der Waals surface area contributed by atoms with E-state index in [1.807, 2.05) is 0 Å². The Morgan fingerprint density at radius 3 is 2.26 bits per heavy atom. The third-order valence-electron chi connectivity index (χ3n) is 4.81. The van der Waals surface area contributed by atoms with Crippen LogP contribution < -0.4 is 0 Å². The van der Waals surface area contributed by atoms with E-state index in [2.05, 4.69) is 60.7 Å². The molecule has 0 amide bonds. The van der Waals surface area contributed by atoms with Crippen molar-refractivity contribution in [2.75, 3.05) is 0 Å². The van der Waals surface area contributed by atoms with E-state index in [-0.39, 0.29) is 11.5 Å². The predicted molar refractivity (Wildman–Crippen MR) is 76.0 cm³/mol. The molecule has 0 spiro atoms. The molecule has 1 aliphatic carbocycles. The second kappa shape index (κ2) is 4.21. The molecule has 0 bridgehead atoms. The molecular weight excluding hydrogens is 232 g/mol. The molecule has 19 heavy (non-hydrogen) atoms. The lowest BCUT2D eigenvalue weighted by Crippen LogP contribution is -2.54. The summed E-state index contributed by atoms with van der Waals surface area (Å²) in [6.07, 6.45) is 4.39. The van der Waals surface area contributed by atoms with E-state index in [1.54, 1.807) is 0 Å². The molecule has 1 unspecified atom stereocenters. The Balaban J connectivity index is 1.79. The van der Waals surface area contributed by atoms with Crippen molar-refractivity contribution in [3.63, 3.8) is 0 Å². The van der Waals surface area contributed by atoms with Crippen LogP contribution in [0.15, 0.2) is 60.7 Å². The maximum atomic E-state index is 6.21. The second-order valence-electron chi connectivity index (χ2n) is 5.71. The maximum absolute atomic E-state index is 6.21. The molecule has 2 aromatic rings. The highest BCUT2D eigenvalue weighted by molar-refractivity contribution is 5.38. The Morgan fingerprint density at radius 2 is 1.58 bits per heavy atom. The Labute approximate surface area is 114 Å². The lowest BCUT2D eigenvalue weighted by atomic mass is 9.66. The molecule has 1 aliphatic heterocycles. The van der Waals surface area contributed by atoms with Gasteiger partial charge in [-0.15, -0.1) is 0 Å². The lowest BCUT2D eigenvalue weighted by molar-refractivity contribution is -0.194. The fraction of sp³-hybridized carbons (Fsp3) is 0.333. The standard InChI is InChI=1S/C18H18O/c1-3-8-14(9-4-1)17-18(13-7-12-16(18)19-17)15-10-5-2-6-11-15/h1-6,8-11,16-17H,7,12-13H2/t16-,17?,18-/m1/s1. The quantitative estimate of drug-likeness (QED) is 0.774. The van der Waals surface area contributed by atoms with Gasteiger partial charge in [-0.05, 0) is 30.4 Å². The van der Waals surface area contributed by atoms with E-state index in [1.165, 1.54) is 30.4 Å². The highest BCUT2D eigenvalue weighted by Crippen LogP contribution is 2.60. The number of rotatable bonds is 2. The molecule has 1 saturated heterocycles. The van der Waals surface area contributed by atoms with Gasteiger partial charge in [0, 0.05) is 0 Å². The van der Waals surface area contributed by atoms with Crippen molar-refractivity contribution < 1.29 is 4.74 Å². The van der Waals surface area contributed by atoms with E-state index >= 15 is 0 Å². The summed E-state index contributed by atoms with van der Waals surface area (Å²) >= 11 is 0. The summed E-state index contributed by atoms with van der Waals surface area (Å²) < 4.78 is 6.21. The zero-order valence-electron chi connectivity index (χ0n) is 11.0. The number of hydrogen-bond donors (Lipinski definition) is 0. The van der Waals surface area contributed by atoms with Gasteiger partial charge in [0.25, 0.3) is 0 Å². The Morgan fingerprint density at radius 1 is 0.895 bits per heavy atom. The first kappa shape index (κ1) is 11.2. The third-order valence-corrected chi connectivity index (χ3v) is 4.81. The minimum absolute atomic E-state index is 0.225. The van der Waals surface area contributed by atoms with Gasteiger partial charge in [-0.2, -0.15) is 0 Å². The summed E-state index contributed by atoms with van der Waals surface area (Å²) in [6, 6.07) is 21.6. The number of fused-ring (bicyclic) bond motifs is 1. The molecule has 3 atom stereocenters. The zero-order valence-corrected chi connectivity index (χ0v) is 11.0. The van der Waals surface area contributed by atoms with Gasteiger partial charge in [-0.25, -0.2) is 0 Å². The fourth-order valence-electron chi connectivity index (χ4n) is 3.94. The number of ether oxygens (including phenoxy) is 1. The van der Waals surface area contributed by atoms with Crippen LogP contribution in [0, 0.1) is 0 Å². The molecule has 1 heterocycles. The van der Waals surface area contributed by atoms with Crippen LogP contribution in [0.5, 0.6) is 0 Å². The van der Waals surface area contributed by atoms with Crippen LogP contribution >= 0.6 is 0 Å². The lowest BCUT2D eigenvalue weighted by Gasteiger charge is -2.53. The van der Waals surface area contributed by atoms with Crippen molar-refractivity contribution in [2.45, 2.75) is 36.9 Å². The SMILES string of the molecule is c1ccc(C2O[C@@H]3CCC[C@]23c2ccccc2)cc1. The first-order valence-corrected chi connectivity index (χ1v) is 7.17. The average molecular weight is 250 g/mol. The first-order chi connectivity index (χ1) is 9.41. The summed E-state index contributed by atoms with van der Waals surface area (Å²) in [5.74, 6) is 0. The van der Waals surface area contributed by atoms with Gasteiger partial charge in [0.05, 0.1) is 17.6 Å². The van der Waals surface area contributed by atoms with E-state index in [4.69, 9.17) is 4.74 Å². The fourth-order valence-corrected chi connectivity index (χ4v) is 3.94. The van der Waals surface area contributed by atoms with Crippen molar-refractivity contribution >= 4 is 0 Å². The van der Waals surface area contributed by atoms with Crippen LogP contribution in [-0.2, 0) is 10.2 Å². The number of hydrogen-bond acceptors (Lipinski definition) is 1. The highest BCUT2D eigenvalue weighted by atomic mass is 16.5. The molecular formula is C18H18O. The van der Waals surface area contributed by atoms with E-state index in [9.17, 15) is 0 Å². The molecule has 2 fully saturated rings. The molecule has 2 aromatic carbocycles. The second-order valence-corrected chi connectivity index (χ2v) is 5.71. The topological polar surface area (TPSA) is 9.23 Å². The van der Waals surface area contributed by atoms with Crippen LogP contribution in [-0.4, -0.2) is 6.10 Å². The Bertz CT molecular complexity index is 563. The van der Waals surface area contributed by atoms with Crippen molar-refractivity contribution in [3.8, 4) is 0 Å².